The average Bonchev–Trinajstić information content (AvgIpc) is 2.57. The van der Waals surface area contributed by atoms with Gasteiger partial charge in [0.2, 0.25) is 0 Å². The van der Waals surface area contributed by atoms with E-state index in [1.54, 1.807) is 38.2 Å². The lowest BCUT2D eigenvalue weighted by Crippen LogP contribution is -2.30. The molecule has 2 amide bonds. The molecule has 2 aromatic carbocycles. The first kappa shape index (κ1) is 18.0. The van der Waals surface area contributed by atoms with E-state index in [0.717, 1.165) is 10.0 Å². The van der Waals surface area contributed by atoms with Gasteiger partial charge in [0.25, 0.3) is 11.8 Å². The molecule has 0 radical (unpaired) electrons. The van der Waals surface area contributed by atoms with Crippen molar-refractivity contribution in [2.24, 2.45) is 0 Å². The van der Waals surface area contributed by atoms with Crippen molar-refractivity contribution in [2.75, 3.05) is 12.4 Å². The number of hydrogen-bond donors (Lipinski definition) is 2. The number of rotatable bonds is 5. The Morgan fingerprint density at radius 1 is 1.12 bits per heavy atom. The molecule has 126 valence electrons. The molecule has 1 unspecified atom stereocenters. The van der Waals surface area contributed by atoms with Gasteiger partial charge in [0.15, 0.2) is 6.10 Å². The molecule has 0 aliphatic carbocycles. The van der Waals surface area contributed by atoms with E-state index >= 15 is 0 Å². The van der Waals surface area contributed by atoms with E-state index in [1.807, 2.05) is 25.1 Å². The minimum absolute atomic E-state index is 0.172. The molecule has 0 fully saturated rings. The van der Waals surface area contributed by atoms with Gasteiger partial charge in [-0.2, -0.15) is 0 Å². The Labute approximate surface area is 149 Å². The van der Waals surface area contributed by atoms with Crippen LogP contribution in [-0.2, 0) is 4.79 Å². The van der Waals surface area contributed by atoms with E-state index < -0.39 is 6.10 Å². The van der Waals surface area contributed by atoms with E-state index in [2.05, 4.69) is 26.6 Å². The van der Waals surface area contributed by atoms with Crippen molar-refractivity contribution >= 4 is 33.4 Å². The normalized spacial score (nSPS) is 11.5. The van der Waals surface area contributed by atoms with Gasteiger partial charge in [-0.15, -0.1) is 0 Å². The zero-order chi connectivity index (χ0) is 17.7. The molecule has 2 aromatic rings. The third kappa shape index (κ3) is 4.58. The highest BCUT2D eigenvalue weighted by Gasteiger charge is 2.16. The molecule has 0 bridgehead atoms. The van der Waals surface area contributed by atoms with Crippen molar-refractivity contribution in [1.82, 2.24) is 5.32 Å². The van der Waals surface area contributed by atoms with Gasteiger partial charge in [-0.3, -0.25) is 9.59 Å². The summed E-state index contributed by atoms with van der Waals surface area (Å²) in [5.41, 5.74) is 2.23. The molecule has 6 heteroatoms. The Morgan fingerprint density at radius 2 is 1.79 bits per heavy atom. The van der Waals surface area contributed by atoms with E-state index in [0.29, 0.717) is 17.0 Å². The molecule has 0 spiro atoms. The summed E-state index contributed by atoms with van der Waals surface area (Å²) >= 11 is 3.43. The number of carbonyl (C=O) groups is 2. The van der Waals surface area contributed by atoms with Crippen LogP contribution in [0.3, 0.4) is 0 Å². The summed E-state index contributed by atoms with van der Waals surface area (Å²) in [6.45, 7) is 3.66. The molecule has 0 aromatic heterocycles. The summed E-state index contributed by atoms with van der Waals surface area (Å²) in [7, 11) is 1.57. The van der Waals surface area contributed by atoms with Crippen LogP contribution in [0.1, 0.15) is 22.8 Å². The predicted molar refractivity (Wildman–Crippen MR) is 97.4 cm³/mol. The quantitative estimate of drug-likeness (QED) is 0.820. The topological polar surface area (TPSA) is 67.4 Å². The average molecular weight is 391 g/mol. The van der Waals surface area contributed by atoms with Gasteiger partial charge in [-0.1, -0.05) is 6.07 Å². The molecule has 0 heterocycles. The fourth-order valence-corrected chi connectivity index (χ4v) is 2.63. The number of benzene rings is 2. The lowest BCUT2D eigenvalue weighted by Gasteiger charge is -2.16. The van der Waals surface area contributed by atoms with Gasteiger partial charge >= 0.3 is 0 Å². The van der Waals surface area contributed by atoms with Crippen LogP contribution in [-0.4, -0.2) is 25.0 Å². The summed E-state index contributed by atoms with van der Waals surface area (Å²) in [5.74, 6) is 0.169. The van der Waals surface area contributed by atoms with Crippen molar-refractivity contribution in [2.45, 2.75) is 20.0 Å². The molecular formula is C18H19BrN2O3. The van der Waals surface area contributed by atoms with Crippen molar-refractivity contribution in [3.8, 4) is 5.75 Å². The molecule has 5 nitrogen and oxygen atoms in total. The lowest BCUT2D eigenvalue weighted by atomic mass is 10.2. The summed E-state index contributed by atoms with van der Waals surface area (Å²) in [5, 5.41) is 5.31. The zero-order valence-corrected chi connectivity index (χ0v) is 15.3. The van der Waals surface area contributed by atoms with Crippen LogP contribution >= 0.6 is 15.9 Å². The summed E-state index contributed by atoms with van der Waals surface area (Å²) in [6, 6.07) is 12.3. The number of anilines is 1. The maximum Gasteiger partial charge on any atom is 0.265 e. The van der Waals surface area contributed by atoms with Crippen molar-refractivity contribution in [3.05, 3.63) is 58.1 Å². The molecule has 2 N–H and O–H groups in total. The fraction of sp³-hybridized carbons (Fsp3) is 0.222. The number of hydrogen-bond acceptors (Lipinski definition) is 3. The van der Waals surface area contributed by atoms with Crippen LogP contribution in [0.25, 0.3) is 0 Å². The van der Waals surface area contributed by atoms with Gasteiger partial charge in [0.1, 0.15) is 5.75 Å². The van der Waals surface area contributed by atoms with Crippen LogP contribution in [0.5, 0.6) is 5.75 Å². The first-order valence-electron chi connectivity index (χ1n) is 7.46. The molecule has 0 saturated carbocycles. The first-order chi connectivity index (χ1) is 11.4. The summed E-state index contributed by atoms with van der Waals surface area (Å²) < 4.78 is 6.49. The molecule has 0 aliphatic heterocycles. The van der Waals surface area contributed by atoms with E-state index in [-0.39, 0.29) is 11.8 Å². The third-order valence-corrected chi connectivity index (χ3v) is 4.02. The second-order valence-electron chi connectivity index (χ2n) is 5.34. The predicted octanol–water partition coefficient (Wildman–Crippen LogP) is 3.52. The number of ether oxygens (including phenoxy) is 1. The van der Waals surface area contributed by atoms with Crippen LogP contribution in [0.4, 0.5) is 5.69 Å². The maximum absolute atomic E-state index is 12.2. The van der Waals surface area contributed by atoms with Gasteiger partial charge in [-0.05, 0) is 71.7 Å². The molecule has 0 aliphatic rings. The molecule has 24 heavy (non-hydrogen) atoms. The monoisotopic (exact) mass is 390 g/mol. The minimum Gasteiger partial charge on any atom is -0.480 e. The second-order valence-corrected chi connectivity index (χ2v) is 6.19. The van der Waals surface area contributed by atoms with Crippen LogP contribution in [0.15, 0.2) is 46.9 Å². The van der Waals surface area contributed by atoms with Gasteiger partial charge < -0.3 is 15.4 Å². The largest absolute Gasteiger partial charge is 0.480 e. The van der Waals surface area contributed by atoms with Gasteiger partial charge in [-0.25, -0.2) is 0 Å². The number of carbonyl (C=O) groups excluding carboxylic acids is 2. The number of amides is 2. The highest BCUT2D eigenvalue weighted by Crippen LogP contribution is 2.26. The van der Waals surface area contributed by atoms with E-state index in [9.17, 15) is 9.59 Å². The first-order valence-corrected chi connectivity index (χ1v) is 8.26. The minimum atomic E-state index is -0.664. The summed E-state index contributed by atoms with van der Waals surface area (Å²) in [6.07, 6.45) is -0.664. The van der Waals surface area contributed by atoms with Gasteiger partial charge in [0.05, 0.1) is 4.47 Å². The van der Waals surface area contributed by atoms with Crippen LogP contribution in [0, 0.1) is 6.92 Å². The number of halogens is 1. The zero-order valence-electron chi connectivity index (χ0n) is 13.7. The highest BCUT2D eigenvalue weighted by molar-refractivity contribution is 9.10. The van der Waals surface area contributed by atoms with Crippen LogP contribution in [0.2, 0.25) is 0 Å². The van der Waals surface area contributed by atoms with Crippen molar-refractivity contribution in [1.29, 1.82) is 0 Å². The Kier molecular flexibility index (Phi) is 5.98. The standard InChI is InChI=1S/C18H19BrN2O3/c1-11-4-9-16(15(19)10-11)24-12(2)17(22)21-14-7-5-13(6-8-14)18(23)20-3/h4-10,12H,1-3H3,(H,20,23)(H,21,22). The number of nitrogens with one attached hydrogen (secondary N) is 2. The Balaban J connectivity index is 1.99. The highest BCUT2D eigenvalue weighted by atomic mass is 79.9. The third-order valence-electron chi connectivity index (χ3n) is 3.40. The van der Waals surface area contributed by atoms with Gasteiger partial charge in [0, 0.05) is 18.3 Å². The smallest absolute Gasteiger partial charge is 0.265 e. The number of aryl methyl sites for hydroxylation is 1. The Bertz CT molecular complexity index is 744. The molecule has 0 saturated heterocycles. The fourth-order valence-electron chi connectivity index (χ4n) is 2.04. The maximum atomic E-state index is 12.2. The molecule has 1 atom stereocenters. The lowest BCUT2D eigenvalue weighted by molar-refractivity contribution is -0.122. The summed E-state index contributed by atoms with van der Waals surface area (Å²) in [4.78, 5) is 23.7. The Hall–Kier alpha value is -2.34. The van der Waals surface area contributed by atoms with Crippen molar-refractivity contribution < 1.29 is 14.3 Å². The molecule has 2 rings (SSSR count). The second kappa shape index (κ2) is 7.97. The Morgan fingerprint density at radius 3 is 2.38 bits per heavy atom. The SMILES string of the molecule is CNC(=O)c1ccc(NC(=O)C(C)Oc2ccc(C)cc2Br)cc1. The van der Waals surface area contributed by atoms with Crippen LogP contribution < -0.4 is 15.4 Å². The van der Waals surface area contributed by atoms with E-state index in [1.165, 1.54) is 0 Å². The molecular weight excluding hydrogens is 372 g/mol. The van der Waals surface area contributed by atoms with E-state index in [4.69, 9.17) is 4.74 Å². The van der Waals surface area contributed by atoms with Crippen molar-refractivity contribution in [3.63, 3.8) is 0 Å².